The lowest BCUT2D eigenvalue weighted by Gasteiger charge is -2.35. The molecule has 1 saturated heterocycles. The van der Waals surface area contributed by atoms with E-state index < -0.39 is 0 Å². The van der Waals surface area contributed by atoms with Gasteiger partial charge in [0, 0.05) is 25.7 Å². The van der Waals surface area contributed by atoms with E-state index in [1.165, 1.54) is 58.4 Å². The van der Waals surface area contributed by atoms with Crippen LogP contribution in [-0.4, -0.2) is 55.6 Å². The molecule has 0 radical (unpaired) electrons. The summed E-state index contributed by atoms with van der Waals surface area (Å²) in [5.74, 6) is 0. The molecule has 0 bridgehead atoms. The normalized spacial score (nSPS) is 38.8. The third-order valence-corrected chi connectivity index (χ3v) is 4.56. The summed E-state index contributed by atoms with van der Waals surface area (Å²) in [7, 11) is 2.23. The molecule has 16 heavy (non-hydrogen) atoms. The molecule has 3 nitrogen and oxygen atoms in total. The molecule has 94 valence electrons. The van der Waals surface area contributed by atoms with Crippen LogP contribution in [0.2, 0.25) is 0 Å². The van der Waals surface area contributed by atoms with Crippen molar-refractivity contribution in [3.05, 3.63) is 0 Å². The van der Waals surface area contributed by atoms with Gasteiger partial charge in [-0.25, -0.2) is 0 Å². The van der Waals surface area contributed by atoms with Gasteiger partial charge in [0.1, 0.15) is 0 Å². The van der Waals surface area contributed by atoms with E-state index in [4.69, 9.17) is 5.73 Å². The van der Waals surface area contributed by atoms with Crippen LogP contribution < -0.4 is 5.73 Å². The summed E-state index contributed by atoms with van der Waals surface area (Å²) in [6.07, 6.45) is 5.18. The fourth-order valence-corrected chi connectivity index (χ4v) is 3.22. The molecule has 0 amide bonds. The van der Waals surface area contributed by atoms with Crippen LogP contribution in [0.1, 0.15) is 32.6 Å². The first kappa shape index (κ1) is 12.3. The maximum absolute atomic E-state index is 6.26. The van der Waals surface area contributed by atoms with Gasteiger partial charge in [0.15, 0.2) is 0 Å². The summed E-state index contributed by atoms with van der Waals surface area (Å²) < 4.78 is 0. The molecule has 1 heterocycles. The van der Waals surface area contributed by atoms with E-state index in [0.717, 1.165) is 0 Å². The molecule has 2 fully saturated rings. The van der Waals surface area contributed by atoms with E-state index in [2.05, 4.69) is 23.8 Å². The summed E-state index contributed by atoms with van der Waals surface area (Å²) >= 11 is 0. The van der Waals surface area contributed by atoms with Crippen molar-refractivity contribution in [2.45, 2.75) is 38.6 Å². The standard InChI is InChI=1S/C13H27N3/c1-13(6-3-5-12(13)14)11-16-8-4-7-15(2)9-10-16/h12H,3-11,14H2,1-2H3. The summed E-state index contributed by atoms with van der Waals surface area (Å²) in [6.45, 7) is 8.54. The largest absolute Gasteiger partial charge is 0.327 e. The lowest BCUT2D eigenvalue weighted by atomic mass is 9.84. The quantitative estimate of drug-likeness (QED) is 0.765. The maximum Gasteiger partial charge on any atom is 0.0109 e. The van der Waals surface area contributed by atoms with E-state index in [1.807, 2.05) is 0 Å². The second kappa shape index (κ2) is 5.03. The lowest BCUT2D eigenvalue weighted by molar-refractivity contribution is 0.157. The summed E-state index contributed by atoms with van der Waals surface area (Å²) in [4.78, 5) is 5.07. The second-order valence-electron chi connectivity index (χ2n) is 6.09. The van der Waals surface area contributed by atoms with Crippen molar-refractivity contribution >= 4 is 0 Å². The van der Waals surface area contributed by atoms with Crippen LogP contribution in [0.15, 0.2) is 0 Å². The summed E-state index contributed by atoms with van der Waals surface area (Å²) in [5, 5.41) is 0. The Morgan fingerprint density at radius 1 is 1.19 bits per heavy atom. The van der Waals surface area contributed by atoms with Crippen LogP contribution in [0.25, 0.3) is 0 Å². The lowest BCUT2D eigenvalue weighted by Crippen LogP contribution is -2.45. The van der Waals surface area contributed by atoms with Gasteiger partial charge in [-0.1, -0.05) is 13.3 Å². The van der Waals surface area contributed by atoms with Gasteiger partial charge in [0.2, 0.25) is 0 Å². The van der Waals surface area contributed by atoms with Crippen LogP contribution >= 0.6 is 0 Å². The predicted octanol–water partition coefficient (Wildman–Crippen LogP) is 1.14. The molecule has 2 atom stereocenters. The van der Waals surface area contributed by atoms with Crippen molar-refractivity contribution in [2.75, 3.05) is 39.8 Å². The summed E-state index contributed by atoms with van der Waals surface area (Å²) in [6, 6.07) is 0.425. The Labute approximate surface area is 100.0 Å². The van der Waals surface area contributed by atoms with Gasteiger partial charge in [0.25, 0.3) is 0 Å². The summed E-state index contributed by atoms with van der Waals surface area (Å²) in [5.41, 5.74) is 6.64. The smallest absolute Gasteiger partial charge is 0.0109 e. The average molecular weight is 225 g/mol. The highest BCUT2D eigenvalue weighted by Crippen LogP contribution is 2.37. The Hall–Kier alpha value is -0.120. The van der Waals surface area contributed by atoms with Gasteiger partial charge >= 0.3 is 0 Å². The Balaban J connectivity index is 1.88. The number of likely N-dealkylation sites (N-methyl/N-ethyl adjacent to an activating group) is 1. The minimum absolute atomic E-state index is 0.378. The zero-order valence-electron chi connectivity index (χ0n) is 10.9. The van der Waals surface area contributed by atoms with Crippen molar-refractivity contribution in [1.29, 1.82) is 0 Å². The first-order chi connectivity index (χ1) is 7.60. The van der Waals surface area contributed by atoms with Crippen molar-refractivity contribution in [2.24, 2.45) is 11.1 Å². The van der Waals surface area contributed by atoms with Crippen molar-refractivity contribution in [1.82, 2.24) is 9.80 Å². The average Bonchev–Trinajstić information content (AvgIpc) is 2.45. The molecule has 0 aromatic carbocycles. The molecule has 1 aliphatic heterocycles. The van der Waals surface area contributed by atoms with E-state index in [9.17, 15) is 0 Å². The molecule has 2 N–H and O–H groups in total. The van der Waals surface area contributed by atoms with Crippen LogP contribution in [0.4, 0.5) is 0 Å². The van der Waals surface area contributed by atoms with E-state index >= 15 is 0 Å². The highest BCUT2D eigenvalue weighted by Gasteiger charge is 2.37. The van der Waals surface area contributed by atoms with Crippen LogP contribution in [-0.2, 0) is 0 Å². The SMILES string of the molecule is CN1CCCN(CC2(C)CCCC2N)CC1. The van der Waals surface area contributed by atoms with Gasteiger partial charge in [-0.3, -0.25) is 0 Å². The van der Waals surface area contributed by atoms with E-state index in [1.54, 1.807) is 0 Å². The first-order valence-electron chi connectivity index (χ1n) is 6.77. The molecule has 0 spiro atoms. The van der Waals surface area contributed by atoms with Gasteiger partial charge < -0.3 is 15.5 Å². The van der Waals surface area contributed by atoms with Crippen molar-refractivity contribution in [3.63, 3.8) is 0 Å². The Kier molecular flexibility index (Phi) is 3.88. The molecule has 0 aromatic heterocycles. The topological polar surface area (TPSA) is 32.5 Å². The number of hydrogen-bond donors (Lipinski definition) is 1. The third kappa shape index (κ3) is 2.76. The minimum Gasteiger partial charge on any atom is -0.327 e. The Morgan fingerprint density at radius 2 is 2.00 bits per heavy atom. The zero-order valence-corrected chi connectivity index (χ0v) is 10.9. The van der Waals surface area contributed by atoms with Gasteiger partial charge in [-0.05, 0) is 44.8 Å². The third-order valence-electron chi connectivity index (χ3n) is 4.56. The second-order valence-corrected chi connectivity index (χ2v) is 6.09. The highest BCUT2D eigenvalue weighted by atomic mass is 15.2. The monoisotopic (exact) mass is 225 g/mol. The number of hydrogen-bond acceptors (Lipinski definition) is 3. The first-order valence-corrected chi connectivity index (χ1v) is 6.77. The molecule has 1 saturated carbocycles. The number of nitrogens with two attached hydrogens (primary N) is 1. The van der Waals surface area contributed by atoms with E-state index in [-0.39, 0.29) is 0 Å². The van der Waals surface area contributed by atoms with Gasteiger partial charge in [-0.2, -0.15) is 0 Å². The van der Waals surface area contributed by atoms with Crippen molar-refractivity contribution in [3.8, 4) is 0 Å². The molecular formula is C13H27N3. The van der Waals surface area contributed by atoms with Gasteiger partial charge in [0.05, 0.1) is 0 Å². The van der Waals surface area contributed by atoms with Crippen LogP contribution in [0.5, 0.6) is 0 Å². The molecule has 2 rings (SSSR count). The van der Waals surface area contributed by atoms with Crippen LogP contribution in [0.3, 0.4) is 0 Å². The van der Waals surface area contributed by atoms with E-state index in [0.29, 0.717) is 11.5 Å². The number of rotatable bonds is 2. The zero-order chi connectivity index (χ0) is 11.6. The molecule has 2 unspecified atom stereocenters. The molecule has 2 aliphatic rings. The fraction of sp³-hybridized carbons (Fsp3) is 1.00. The predicted molar refractivity (Wildman–Crippen MR) is 68.5 cm³/mol. The molecule has 0 aromatic rings. The molecule has 3 heteroatoms. The number of nitrogens with zero attached hydrogens (tertiary/aromatic N) is 2. The fourth-order valence-electron chi connectivity index (χ4n) is 3.22. The van der Waals surface area contributed by atoms with Gasteiger partial charge in [-0.15, -0.1) is 0 Å². The highest BCUT2D eigenvalue weighted by molar-refractivity contribution is 4.93. The van der Waals surface area contributed by atoms with Crippen molar-refractivity contribution < 1.29 is 0 Å². The molecule has 1 aliphatic carbocycles. The Morgan fingerprint density at radius 3 is 2.69 bits per heavy atom. The Bertz CT molecular complexity index is 231. The minimum atomic E-state index is 0.378. The van der Waals surface area contributed by atoms with Crippen LogP contribution in [0, 0.1) is 5.41 Å². The maximum atomic E-state index is 6.26. The molecular weight excluding hydrogens is 198 g/mol.